The predicted molar refractivity (Wildman–Crippen MR) is 91.6 cm³/mol. The Labute approximate surface area is 137 Å². The largest absolute Gasteiger partial charge is 0.475 e. The zero-order valence-corrected chi connectivity index (χ0v) is 13.7. The van der Waals surface area contributed by atoms with Gasteiger partial charge in [-0.25, -0.2) is 4.79 Å². The molecule has 23 heavy (non-hydrogen) atoms. The van der Waals surface area contributed by atoms with Gasteiger partial charge < -0.3 is 9.84 Å². The van der Waals surface area contributed by atoms with Crippen molar-refractivity contribution in [3.05, 3.63) is 77.6 Å². The fourth-order valence-corrected chi connectivity index (χ4v) is 2.45. The lowest BCUT2D eigenvalue weighted by Gasteiger charge is -2.26. The fraction of sp³-hybridized carbons (Fsp3) is 0.250. The molecule has 3 nitrogen and oxygen atoms in total. The van der Waals surface area contributed by atoms with Crippen LogP contribution < -0.4 is 4.74 Å². The van der Waals surface area contributed by atoms with Crippen LogP contribution in [0.5, 0.6) is 5.75 Å². The smallest absolute Gasteiger partial charge is 0.371 e. The number of carboxylic acids is 1. The minimum absolute atomic E-state index is 0.0393. The van der Waals surface area contributed by atoms with Crippen molar-refractivity contribution in [3.63, 3.8) is 0 Å². The summed E-state index contributed by atoms with van der Waals surface area (Å²) in [5.41, 5.74) is 2.24. The second-order valence-electron chi connectivity index (χ2n) is 5.90. The molecule has 0 aliphatic heterocycles. The van der Waals surface area contributed by atoms with Crippen molar-refractivity contribution in [1.29, 1.82) is 0 Å². The number of ether oxygens (including phenoxy) is 1. The Morgan fingerprint density at radius 3 is 2.13 bits per heavy atom. The van der Waals surface area contributed by atoms with Crippen LogP contribution in [0.15, 0.2) is 66.4 Å². The van der Waals surface area contributed by atoms with Gasteiger partial charge in [0.1, 0.15) is 5.75 Å². The number of carboxylic acid groups (broad SMARTS) is 1. The molecule has 0 radical (unpaired) electrons. The first-order valence-corrected chi connectivity index (χ1v) is 7.72. The highest BCUT2D eigenvalue weighted by molar-refractivity contribution is 5.84. The molecule has 0 saturated carbocycles. The Hall–Kier alpha value is -2.55. The summed E-state index contributed by atoms with van der Waals surface area (Å²) in [6.45, 7) is 6.20. The van der Waals surface area contributed by atoms with Crippen molar-refractivity contribution in [2.45, 2.75) is 32.6 Å². The van der Waals surface area contributed by atoms with Crippen molar-refractivity contribution in [1.82, 2.24) is 0 Å². The number of hydrogen-bond acceptors (Lipinski definition) is 2. The molecule has 1 N–H and O–H groups in total. The first kappa shape index (κ1) is 16.8. The molecule has 3 heteroatoms. The SMILES string of the molecule is CC/C=C(/Oc1ccc(C(C)(C)c2ccccc2)cc1)C(=O)O. The summed E-state index contributed by atoms with van der Waals surface area (Å²) < 4.78 is 5.45. The van der Waals surface area contributed by atoms with Crippen LogP contribution in [0.3, 0.4) is 0 Å². The van der Waals surface area contributed by atoms with Gasteiger partial charge in [0.2, 0.25) is 5.76 Å². The Morgan fingerprint density at radius 1 is 1.04 bits per heavy atom. The van der Waals surface area contributed by atoms with Crippen molar-refractivity contribution < 1.29 is 14.6 Å². The van der Waals surface area contributed by atoms with Gasteiger partial charge in [-0.05, 0) is 35.8 Å². The van der Waals surface area contributed by atoms with E-state index in [1.807, 2.05) is 49.4 Å². The molecule has 2 aromatic rings. The molecule has 2 rings (SSSR count). The number of carbonyl (C=O) groups is 1. The summed E-state index contributed by atoms with van der Waals surface area (Å²) in [4.78, 5) is 11.1. The number of allylic oxidation sites excluding steroid dienone is 1. The molecule has 0 saturated heterocycles. The molecule has 0 heterocycles. The van der Waals surface area contributed by atoms with Crippen molar-refractivity contribution in [3.8, 4) is 5.75 Å². The quantitative estimate of drug-likeness (QED) is 0.617. The van der Waals surface area contributed by atoms with Crippen LogP contribution in [0.1, 0.15) is 38.3 Å². The number of hydrogen-bond donors (Lipinski definition) is 1. The molecule has 0 bridgehead atoms. The van der Waals surface area contributed by atoms with Crippen molar-refractivity contribution in [2.24, 2.45) is 0 Å². The zero-order chi connectivity index (χ0) is 16.9. The van der Waals surface area contributed by atoms with E-state index in [1.165, 1.54) is 5.56 Å². The monoisotopic (exact) mass is 310 g/mol. The molecule has 0 aliphatic carbocycles. The van der Waals surface area contributed by atoms with Crippen molar-refractivity contribution in [2.75, 3.05) is 0 Å². The highest BCUT2D eigenvalue weighted by atomic mass is 16.5. The molecule has 0 atom stereocenters. The van der Waals surface area contributed by atoms with Gasteiger partial charge in [-0.15, -0.1) is 0 Å². The third kappa shape index (κ3) is 4.01. The van der Waals surface area contributed by atoms with E-state index in [-0.39, 0.29) is 11.2 Å². The first-order chi connectivity index (χ1) is 10.9. The van der Waals surface area contributed by atoms with E-state index < -0.39 is 5.97 Å². The van der Waals surface area contributed by atoms with E-state index in [0.29, 0.717) is 12.2 Å². The van der Waals surface area contributed by atoms with Crippen LogP contribution in [0, 0.1) is 0 Å². The second kappa shape index (κ2) is 7.14. The first-order valence-electron chi connectivity index (χ1n) is 7.72. The molecular formula is C20H22O3. The average molecular weight is 310 g/mol. The van der Waals surface area contributed by atoms with Gasteiger partial charge in [-0.1, -0.05) is 63.2 Å². The molecule has 2 aromatic carbocycles. The minimum Gasteiger partial charge on any atom is -0.475 e. The Bertz CT molecular complexity index is 683. The van der Waals surface area contributed by atoms with E-state index >= 15 is 0 Å². The van der Waals surface area contributed by atoms with Crippen LogP contribution in [0.2, 0.25) is 0 Å². The van der Waals surface area contributed by atoms with Crippen LogP contribution in [0.25, 0.3) is 0 Å². The molecule has 0 amide bonds. The molecule has 0 unspecified atom stereocenters. The van der Waals surface area contributed by atoms with Gasteiger partial charge in [0.15, 0.2) is 0 Å². The van der Waals surface area contributed by atoms with E-state index in [1.54, 1.807) is 6.08 Å². The lowest BCUT2D eigenvalue weighted by atomic mass is 9.78. The molecule has 0 aliphatic rings. The van der Waals surface area contributed by atoms with Crippen LogP contribution in [0.4, 0.5) is 0 Å². The van der Waals surface area contributed by atoms with Crippen molar-refractivity contribution >= 4 is 5.97 Å². The Balaban J connectivity index is 2.23. The topological polar surface area (TPSA) is 46.5 Å². The summed E-state index contributed by atoms with van der Waals surface area (Å²) >= 11 is 0. The third-order valence-electron chi connectivity index (χ3n) is 3.90. The summed E-state index contributed by atoms with van der Waals surface area (Å²) in [6.07, 6.45) is 2.17. The van der Waals surface area contributed by atoms with Gasteiger partial charge >= 0.3 is 5.97 Å². The average Bonchev–Trinajstić information content (AvgIpc) is 2.55. The highest BCUT2D eigenvalue weighted by Gasteiger charge is 2.22. The second-order valence-corrected chi connectivity index (χ2v) is 5.90. The van der Waals surface area contributed by atoms with E-state index in [4.69, 9.17) is 9.84 Å². The van der Waals surface area contributed by atoms with E-state index in [0.717, 1.165) is 5.56 Å². The maximum atomic E-state index is 11.1. The maximum absolute atomic E-state index is 11.1. The molecule has 0 spiro atoms. The maximum Gasteiger partial charge on any atom is 0.371 e. The molecule has 0 aromatic heterocycles. The molecule has 0 fully saturated rings. The third-order valence-corrected chi connectivity index (χ3v) is 3.90. The van der Waals surface area contributed by atoms with Gasteiger partial charge in [-0.2, -0.15) is 0 Å². The lowest BCUT2D eigenvalue weighted by Crippen LogP contribution is -2.18. The minimum atomic E-state index is -1.06. The highest BCUT2D eigenvalue weighted by Crippen LogP contribution is 2.32. The number of benzene rings is 2. The molecule has 120 valence electrons. The van der Waals surface area contributed by atoms with Crippen LogP contribution in [-0.4, -0.2) is 11.1 Å². The van der Waals surface area contributed by atoms with Gasteiger partial charge in [-0.3, -0.25) is 0 Å². The summed E-state index contributed by atoms with van der Waals surface area (Å²) in [5.74, 6) is -0.567. The number of aliphatic carboxylic acids is 1. The number of rotatable bonds is 6. The van der Waals surface area contributed by atoms with E-state index in [9.17, 15) is 4.79 Å². The van der Waals surface area contributed by atoms with Crippen LogP contribution >= 0.6 is 0 Å². The van der Waals surface area contributed by atoms with Gasteiger partial charge in [0.25, 0.3) is 0 Å². The zero-order valence-electron chi connectivity index (χ0n) is 13.7. The Kier molecular flexibility index (Phi) is 5.22. The normalized spacial score (nSPS) is 12.0. The Morgan fingerprint density at radius 2 is 1.61 bits per heavy atom. The predicted octanol–water partition coefficient (Wildman–Crippen LogP) is 4.77. The fourth-order valence-electron chi connectivity index (χ4n) is 2.45. The van der Waals surface area contributed by atoms with Gasteiger partial charge in [0.05, 0.1) is 0 Å². The molecular weight excluding hydrogens is 288 g/mol. The van der Waals surface area contributed by atoms with Gasteiger partial charge in [0, 0.05) is 5.41 Å². The summed E-state index contributed by atoms with van der Waals surface area (Å²) in [5, 5.41) is 9.10. The van der Waals surface area contributed by atoms with Crippen LogP contribution in [-0.2, 0) is 10.2 Å². The van der Waals surface area contributed by atoms with E-state index in [2.05, 4.69) is 26.0 Å². The summed E-state index contributed by atoms with van der Waals surface area (Å²) in [7, 11) is 0. The standard InChI is InChI=1S/C20H22O3/c1-4-8-18(19(21)22)23-17-13-11-16(12-14-17)20(2,3)15-9-6-5-7-10-15/h5-14H,4H2,1-3H3,(H,21,22)/b18-8+. The lowest BCUT2D eigenvalue weighted by molar-refractivity contribution is -0.135. The summed E-state index contributed by atoms with van der Waals surface area (Å²) in [6, 6.07) is 17.9.